The number of benzene rings is 2. The highest BCUT2D eigenvalue weighted by molar-refractivity contribution is 5.84. The van der Waals surface area contributed by atoms with Gasteiger partial charge in [-0.25, -0.2) is 0 Å². The number of hydrogen-bond acceptors (Lipinski definition) is 1. The van der Waals surface area contributed by atoms with Crippen LogP contribution in [-0.4, -0.2) is 4.57 Å². The van der Waals surface area contributed by atoms with Gasteiger partial charge in [0, 0.05) is 30.1 Å². The normalized spacial score (nSPS) is 10.6. The Labute approximate surface area is 101 Å². The van der Waals surface area contributed by atoms with Crippen molar-refractivity contribution in [1.82, 2.24) is 4.57 Å². The van der Waals surface area contributed by atoms with Gasteiger partial charge in [-0.2, -0.15) is 0 Å². The van der Waals surface area contributed by atoms with Gasteiger partial charge in [-0.1, -0.05) is 24.3 Å². The lowest BCUT2D eigenvalue weighted by Crippen LogP contribution is -1.90. The van der Waals surface area contributed by atoms with Gasteiger partial charge in [-0.3, -0.25) is 0 Å². The number of anilines is 2. The summed E-state index contributed by atoms with van der Waals surface area (Å²) in [5.74, 6) is 0. The van der Waals surface area contributed by atoms with Crippen molar-refractivity contribution in [2.75, 3.05) is 5.32 Å². The highest BCUT2D eigenvalue weighted by Gasteiger charge is 1.99. The summed E-state index contributed by atoms with van der Waals surface area (Å²) in [6.45, 7) is 0. The molecule has 17 heavy (non-hydrogen) atoms. The van der Waals surface area contributed by atoms with Crippen LogP contribution < -0.4 is 5.32 Å². The fraction of sp³-hybridized carbons (Fsp3) is 0.0667. The van der Waals surface area contributed by atoms with E-state index in [-0.39, 0.29) is 0 Å². The third kappa shape index (κ3) is 1.89. The largest absolute Gasteiger partial charge is 0.355 e. The van der Waals surface area contributed by atoms with Gasteiger partial charge in [0.1, 0.15) is 0 Å². The summed E-state index contributed by atoms with van der Waals surface area (Å²) in [6.07, 6.45) is 2.08. The molecule has 0 saturated heterocycles. The van der Waals surface area contributed by atoms with Crippen molar-refractivity contribution in [1.29, 1.82) is 0 Å². The molecule has 0 fully saturated rings. The number of aryl methyl sites for hydroxylation is 1. The first-order chi connectivity index (χ1) is 8.33. The van der Waals surface area contributed by atoms with Crippen LogP contribution in [0.4, 0.5) is 11.4 Å². The minimum absolute atomic E-state index is 1.11. The minimum Gasteiger partial charge on any atom is -0.355 e. The SMILES string of the molecule is Cn1ccc2ccc(Nc3ccccc3)cc21. The van der Waals surface area contributed by atoms with Crippen molar-refractivity contribution in [3.05, 3.63) is 60.8 Å². The first kappa shape index (κ1) is 9.97. The Morgan fingerprint density at radius 2 is 1.71 bits per heavy atom. The average molecular weight is 222 g/mol. The van der Waals surface area contributed by atoms with Crippen molar-refractivity contribution < 1.29 is 0 Å². The third-order valence-corrected chi connectivity index (χ3v) is 2.95. The summed E-state index contributed by atoms with van der Waals surface area (Å²) in [5.41, 5.74) is 3.47. The zero-order valence-corrected chi connectivity index (χ0v) is 9.72. The Morgan fingerprint density at radius 1 is 0.882 bits per heavy atom. The zero-order valence-electron chi connectivity index (χ0n) is 9.72. The second-order valence-electron chi connectivity index (χ2n) is 4.19. The van der Waals surface area contributed by atoms with Gasteiger partial charge in [0.05, 0.1) is 0 Å². The molecule has 2 aromatic carbocycles. The molecule has 0 saturated carbocycles. The van der Waals surface area contributed by atoms with Gasteiger partial charge < -0.3 is 9.88 Å². The van der Waals surface area contributed by atoms with Gasteiger partial charge in [-0.05, 0) is 35.7 Å². The molecule has 1 N–H and O–H groups in total. The molecule has 3 aromatic rings. The van der Waals surface area contributed by atoms with Crippen LogP contribution in [-0.2, 0) is 7.05 Å². The summed E-state index contributed by atoms with van der Waals surface area (Å²) in [5, 5.41) is 4.67. The number of aromatic nitrogens is 1. The molecule has 0 bridgehead atoms. The Hall–Kier alpha value is -2.22. The van der Waals surface area contributed by atoms with E-state index in [1.165, 1.54) is 10.9 Å². The van der Waals surface area contributed by atoms with Crippen molar-refractivity contribution in [2.24, 2.45) is 7.05 Å². The Kier molecular flexibility index (Phi) is 2.33. The van der Waals surface area contributed by atoms with Crippen LogP contribution in [0.2, 0.25) is 0 Å². The topological polar surface area (TPSA) is 17.0 Å². The van der Waals surface area contributed by atoms with Crippen LogP contribution in [0, 0.1) is 0 Å². The molecule has 3 rings (SSSR count). The first-order valence-electron chi connectivity index (χ1n) is 5.70. The number of nitrogens with zero attached hydrogens (tertiary/aromatic N) is 1. The van der Waals surface area contributed by atoms with Crippen LogP contribution in [0.3, 0.4) is 0 Å². The van der Waals surface area contributed by atoms with E-state index < -0.39 is 0 Å². The van der Waals surface area contributed by atoms with E-state index in [4.69, 9.17) is 0 Å². The van der Waals surface area contributed by atoms with Crippen molar-refractivity contribution in [3.8, 4) is 0 Å². The maximum atomic E-state index is 3.40. The van der Waals surface area contributed by atoms with Gasteiger partial charge in [0.2, 0.25) is 0 Å². The predicted molar refractivity (Wildman–Crippen MR) is 72.6 cm³/mol. The van der Waals surface area contributed by atoms with Crippen molar-refractivity contribution >= 4 is 22.3 Å². The lowest BCUT2D eigenvalue weighted by molar-refractivity contribution is 0.969. The molecule has 0 aliphatic rings. The fourth-order valence-electron chi connectivity index (χ4n) is 2.03. The van der Waals surface area contributed by atoms with Gasteiger partial charge in [0.15, 0.2) is 0 Å². The zero-order chi connectivity index (χ0) is 11.7. The van der Waals surface area contributed by atoms with E-state index in [0.717, 1.165) is 11.4 Å². The van der Waals surface area contributed by atoms with Crippen LogP contribution in [0.5, 0.6) is 0 Å². The monoisotopic (exact) mass is 222 g/mol. The summed E-state index contributed by atoms with van der Waals surface area (Å²) in [6, 6.07) is 18.8. The summed E-state index contributed by atoms with van der Waals surface area (Å²) in [7, 11) is 2.06. The van der Waals surface area contributed by atoms with Gasteiger partial charge in [-0.15, -0.1) is 0 Å². The highest BCUT2D eigenvalue weighted by Crippen LogP contribution is 2.22. The molecule has 1 aromatic heterocycles. The Balaban J connectivity index is 1.98. The predicted octanol–water partition coefficient (Wildman–Crippen LogP) is 3.92. The second-order valence-corrected chi connectivity index (χ2v) is 4.19. The maximum Gasteiger partial charge on any atom is 0.0498 e. The maximum absolute atomic E-state index is 3.40. The third-order valence-electron chi connectivity index (χ3n) is 2.95. The Bertz CT molecular complexity index is 638. The average Bonchev–Trinajstić information content (AvgIpc) is 2.73. The molecular formula is C15H14N2. The van der Waals surface area contributed by atoms with Crippen molar-refractivity contribution in [2.45, 2.75) is 0 Å². The van der Waals surface area contributed by atoms with Gasteiger partial charge in [0.25, 0.3) is 0 Å². The molecule has 0 unspecified atom stereocenters. The molecule has 0 aliphatic carbocycles. The lowest BCUT2D eigenvalue weighted by atomic mass is 10.2. The van der Waals surface area contributed by atoms with Crippen LogP contribution >= 0.6 is 0 Å². The van der Waals surface area contributed by atoms with Crippen molar-refractivity contribution in [3.63, 3.8) is 0 Å². The summed E-state index contributed by atoms with van der Waals surface area (Å²) < 4.78 is 2.13. The fourth-order valence-corrected chi connectivity index (χ4v) is 2.03. The molecule has 0 atom stereocenters. The van der Waals surface area contributed by atoms with Gasteiger partial charge >= 0.3 is 0 Å². The van der Waals surface area contributed by atoms with Crippen LogP contribution in [0.1, 0.15) is 0 Å². The number of nitrogens with one attached hydrogen (secondary N) is 1. The molecule has 1 heterocycles. The van der Waals surface area contributed by atoms with Crippen LogP contribution in [0.15, 0.2) is 60.8 Å². The smallest absolute Gasteiger partial charge is 0.0498 e. The molecular weight excluding hydrogens is 208 g/mol. The molecule has 2 heteroatoms. The highest BCUT2D eigenvalue weighted by atomic mass is 14.9. The van der Waals surface area contributed by atoms with E-state index in [0.29, 0.717) is 0 Å². The molecule has 2 nitrogen and oxygen atoms in total. The van der Waals surface area contributed by atoms with Crippen LogP contribution in [0.25, 0.3) is 10.9 Å². The number of hydrogen-bond donors (Lipinski definition) is 1. The molecule has 0 amide bonds. The van der Waals surface area contributed by atoms with E-state index in [1.807, 2.05) is 18.2 Å². The minimum atomic E-state index is 1.11. The standard InChI is InChI=1S/C15H14N2/c1-17-10-9-12-7-8-14(11-15(12)17)16-13-5-3-2-4-6-13/h2-11,16H,1H3. The molecule has 84 valence electrons. The van der Waals surface area contributed by atoms with E-state index in [9.17, 15) is 0 Å². The van der Waals surface area contributed by atoms with E-state index >= 15 is 0 Å². The molecule has 0 spiro atoms. The second kappa shape index (κ2) is 3.98. The number of rotatable bonds is 2. The Morgan fingerprint density at radius 3 is 2.53 bits per heavy atom. The number of fused-ring (bicyclic) bond motifs is 1. The number of para-hydroxylation sites is 1. The lowest BCUT2D eigenvalue weighted by Gasteiger charge is -2.06. The summed E-state index contributed by atoms with van der Waals surface area (Å²) >= 11 is 0. The van der Waals surface area contributed by atoms with E-state index in [2.05, 4.69) is 59.5 Å². The first-order valence-corrected chi connectivity index (χ1v) is 5.70. The molecule has 0 aliphatic heterocycles. The van der Waals surface area contributed by atoms with E-state index in [1.54, 1.807) is 0 Å². The summed E-state index contributed by atoms with van der Waals surface area (Å²) in [4.78, 5) is 0. The quantitative estimate of drug-likeness (QED) is 0.695. The molecule has 0 radical (unpaired) electrons.